The number of rotatable bonds is 9. The fourth-order valence-corrected chi connectivity index (χ4v) is 2.65. The number of esters is 2. The van der Waals surface area contributed by atoms with Crippen LogP contribution in [-0.4, -0.2) is 40.8 Å². The average molecular weight is 413 g/mol. The van der Waals surface area contributed by atoms with Gasteiger partial charge >= 0.3 is 11.9 Å². The van der Waals surface area contributed by atoms with Gasteiger partial charge in [0.25, 0.3) is 5.91 Å². The van der Waals surface area contributed by atoms with Crippen LogP contribution < -0.4 is 5.32 Å². The maximum atomic E-state index is 12.0. The lowest BCUT2D eigenvalue weighted by Gasteiger charge is -2.07. The third kappa shape index (κ3) is 6.58. The van der Waals surface area contributed by atoms with Gasteiger partial charge in [-0.05, 0) is 50.6 Å². The summed E-state index contributed by atoms with van der Waals surface area (Å²) in [6.07, 6.45) is 4.65. The first kappa shape index (κ1) is 22.9. The molecule has 8 heteroatoms. The molecule has 1 N–H and O–H groups in total. The summed E-state index contributed by atoms with van der Waals surface area (Å²) in [6, 6.07) is 6.31. The Labute approximate surface area is 175 Å². The maximum Gasteiger partial charge on any atom is 0.338 e. The molecule has 1 heterocycles. The standard InChI is InChI=1S/C22H27N3O5/c1-5-6-13-29-22(28)17-7-9-18(10-8-17)23-20(26)14-30-21(27)12-11-19-15(2)24-25(4)16(19)3/h7-12H,5-6,13-14H2,1-4H3,(H,23,26)/b12-11+. The van der Waals surface area contributed by atoms with Gasteiger partial charge in [-0.1, -0.05) is 13.3 Å². The zero-order chi connectivity index (χ0) is 22.1. The topological polar surface area (TPSA) is 99.5 Å². The summed E-state index contributed by atoms with van der Waals surface area (Å²) in [4.78, 5) is 35.7. The van der Waals surface area contributed by atoms with Gasteiger partial charge in [0.05, 0.1) is 17.9 Å². The summed E-state index contributed by atoms with van der Waals surface area (Å²) < 4.78 is 11.8. The van der Waals surface area contributed by atoms with Crippen LogP contribution in [0.1, 0.15) is 47.1 Å². The highest BCUT2D eigenvalue weighted by molar-refractivity contribution is 5.95. The summed E-state index contributed by atoms with van der Waals surface area (Å²) in [7, 11) is 1.82. The number of hydrogen-bond donors (Lipinski definition) is 1. The Hall–Kier alpha value is -3.42. The van der Waals surface area contributed by atoms with E-state index in [9.17, 15) is 14.4 Å². The number of nitrogens with zero attached hydrogens (tertiary/aromatic N) is 2. The van der Waals surface area contributed by atoms with Crippen LogP contribution in [0.3, 0.4) is 0 Å². The first-order valence-corrected chi connectivity index (χ1v) is 9.74. The van der Waals surface area contributed by atoms with Gasteiger partial charge in [0, 0.05) is 30.1 Å². The Bertz CT molecular complexity index is 929. The Morgan fingerprint density at radius 2 is 1.83 bits per heavy atom. The summed E-state index contributed by atoms with van der Waals surface area (Å²) >= 11 is 0. The molecule has 0 aliphatic carbocycles. The Kier molecular flexibility index (Phi) is 8.34. The molecule has 0 aliphatic rings. The largest absolute Gasteiger partial charge is 0.462 e. The van der Waals surface area contributed by atoms with Crippen molar-refractivity contribution < 1.29 is 23.9 Å². The monoisotopic (exact) mass is 413 g/mol. The van der Waals surface area contributed by atoms with Crippen molar-refractivity contribution in [3.05, 3.63) is 52.9 Å². The first-order valence-electron chi connectivity index (χ1n) is 9.74. The molecule has 30 heavy (non-hydrogen) atoms. The lowest BCUT2D eigenvalue weighted by atomic mass is 10.2. The van der Waals surface area contributed by atoms with Crippen LogP contribution in [0.5, 0.6) is 0 Å². The zero-order valence-corrected chi connectivity index (χ0v) is 17.7. The average Bonchev–Trinajstić information content (AvgIpc) is 2.96. The maximum absolute atomic E-state index is 12.0. The molecule has 0 radical (unpaired) electrons. The molecular weight excluding hydrogens is 386 g/mol. The third-order valence-electron chi connectivity index (χ3n) is 4.43. The van der Waals surface area contributed by atoms with Crippen molar-refractivity contribution in [3.63, 3.8) is 0 Å². The van der Waals surface area contributed by atoms with Gasteiger partial charge in [-0.15, -0.1) is 0 Å². The van der Waals surface area contributed by atoms with Crippen molar-refractivity contribution in [3.8, 4) is 0 Å². The number of ether oxygens (including phenoxy) is 2. The second-order valence-corrected chi connectivity index (χ2v) is 6.76. The van der Waals surface area contributed by atoms with Crippen molar-refractivity contribution in [1.82, 2.24) is 9.78 Å². The van der Waals surface area contributed by atoms with Crippen LogP contribution in [0.4, 0.5) is 5.69 Å². The van der Waals surface area contributed by atoms with Gasteiger partial charge in [-0.3, -0.25) is 9.48 Å². The van der Waals surface area contributed by atoms with Crippen molar-refractivity contribution >= 4 is 29.6 Å². The number of aromatic nitrogens is 2. The fraction of sp³-hybridized carbons (Fsp3) is 0.364. The molecule has 1 aromatic carbocycles. The summed E-state index contributed by atoms with van der Waals surface area (Å²) in [5.41, 5.74) is 3.45. The highest BCUT2D eigenvalue weighted by Crippen LogP contribution is 2.14. The Morgan fingerprint density at radius 3 is 2.43 bits per heavy atom. The Balaban J connectivity index is 1.80. The van der Waals surface area contributed by atoms with Gasteiger partial charge in [0.15, 0.2) is 6.61 Å². The van der Waals surface area contributed by atoms with Crippen LogP contribution in [-0.2, 0) is 26.1 Å². The summed E-state index contributed by atoms with van der Waals surface area (Å²) in [5.74, 6) is -1.51. The zero-order valence-electron chi connectivity index (χ0n) is 17.7. The molecule has 0 saturated carbocycles. The number of amides is 1. The minimum Gasteiger partial charge on any atom is -0.462 e. The molecule has 1 aromatic heterocycles. The molecule has 0 fully saturated rings. The van der Waals surface area contributed by atoms with Gasteiger partial charge < -0.3 is 14.8 Å². The number of anilines is 1. The van der Waals surface area contributed by atoms with Gasteiger partial charge in [0.1, 0.15) is 0 Å². The predicted molar refractivity (Wildman–Crippen MR) is 113 cm³/mol. The number of unbranched alkanes of at least 4 members (excludes halogenated alkanes) is 1. The molecule has 1 amide bonds. The quantitative estimate of drug-likeness (QED) is 0.385. The molecule has 2 aromatic rings. The molecule has 0 unspecified atom stereocenters. The summed E-state index contributed by atoms with van der Waals surface area (Å²) in [6.45, 7) is 5.72. The Morgan fingerprint density at radius 1 is 1.13 bits per heavy atom. The number of hydrogen-bond acceptors (Lipinski definition) is 6. The number of benzene rings is 1. The van der Waals surface area contributed by atoms with E-state index in [-0.39, 0.29) is 0 Å². The van der Waals surface area contributed by atoms with Gasteiger partial charge in [-0.25, -0.2) is 9.59 Å². The second-order valence-electron chi connectivity index (χ2n) is 6.76. The fourth-order valence-electron chi connectivity index (χ4n) is 2.65. The van der Waals surface area contributed by atoms with Crippen molar-refractivity contribution in [2.75, 3.05) is 18.5 Å². The van der Waals surface area contributed by atoms with Crippen molar-refractivity contribution in [2.24, 2.45) is 7.05 Å². The highest BCUT2D eigenvalue weighted by Gasteiger charge is 2.10. The van der Waals surface area contributed by atoms with E-state index in [4.69, 9.17) is 9.47 Å². The van der Waals surface area contributed by atoms with E-state index in [0.717, 1.165) is 29.8 Å². The third-order valence-corrected chi connectivity index (χ3v) is 4.43. The van der Waals surface area contributed by atoms with Crippen LogP contribution in [0.25, 0.3) is 6.08 Å². The predicted octanol–water partition coefficient (Wildman–Crippen LogP) is 3.19. The normalized spacial score (nSPS) is 10.8. The van der Waals surface area contributed by atoms with E-state index in [1.807, 2.05) is 27.8 Å². The van der Waals surface area contributed by atoms with Crippen LogP contribution in [0.2, 0.25) is 0 Å². The van der Waals surface area contributed by atoms with Crippen LogP contribution in [0.15, 0.2) is 30.3 Å². The minimum absolute atomic E-state index is 0.382. The van der Waals surface area contributed by atoms with E-state index in [1.54, 1.807) is 35.0 Å². The van der Waals surface area contributed by atoms with E-state index in [2.05, 4.69) is 10.4 Å². The van der Waals surface area contributed by atoms with Gasteiger partial charge in [0.2, 0.25) is 0 Å². The van der Waals surface area contributed by atoms with E-state index in [0.29, 0.717) is 17.9 Å². The van der Waals surface area contributed by atoms with E-state index < -0.39 is 24.5 Å². The number of carbonyl (C=O) groups is 3. The van der Waals surface area contributed by atoms with Crippen LogP contribution in [0, 0.1) is 13.8 Å². The highest BCUT2D eigenvalue weighted by atomic mass is 16.5. The number of carbonyl (C=O) groups excluding carboxylic acids is 3. The SMILES string of the molecule is CCCCOC(=O)c1ccc(NC(=O)COC(=O)/C=C/c2c(C)nn(C)c2C)cc1. The number of aryl methyl sites for hydroxylation is 2. The molecule has 0 atom stereocenters. The van der Waals surface area contributed by atoms with Gasteiger partial charge in [-0.2, -0.15) is 5.10 Å². The number of nitrogens with one attached hydrogen (secondary N) is 1. The first-order chi connectivity index (χ1) is 14.3. The van der Waals surface area contributed by atoms with E-state index in [1.165, 1.54) is 6.08 Å². The lowest BCUT2D eigenvalue weighted by Crippen LogP contribution is -2.20. The summed E-state index contributed by atoms with van der Waals surface area (Å²) in [5, 5.41) is 6.87. The molecule has 0 bridgehead atoms. The molecule has 160 valence electrons. The smallest absolute Gasteiger partial charge is 0.338 e. The molecule has 8 nitrogen and oxygen atoms in total. The molecule has 0 aliphatic heterocycles. The van der Waals surface area contributed by atoms with E-state index >= 15 is 0 Å². The molecule has 0 spiro atoms. The second kappa shape index (κ2) is 10.9. The van der Waals surface area contributed by atoms with Crippen molar-refractivity contribution in [1.29, 1.82) is 0 Å². The molecule has 0 saturated heterocycles. The molecular formula is C22H27N3O5. The van der Waals surface area contributed by atoms with Crippen molar-refractivity contribution in [2.45, 2.75) is 33.6 Å². The molecule has 2 rings (SSSR count). The van der Waals surface area contributed by atoms with Crippen LogP contribution >= 0.6 is 0 Å². The minimum atomic E-state index is -0.627. The lowest BCUT2D eigenvalue weighted by molar-refractivity contribution is -0.142.